The summed E-state index contributed by atoms with van der Waals surface area (Å²) in [4.78, 5) is 3.47. The number of nitrogens with zero attached hydrogens (tertiary/aromatic N) is 1. The van der Waals surface area contributed by atoms with Gasteiger partial charge in [0, 0.05) is 6.20 Å². The van der Waals surface area contributed by atoms with Crippen molar-refractivity contribution in [2.45, 2.75) is 6.61 Å². The fraction of sp³-hybridized carbons (Fsp3) is 0.100. The molecule has 78 valence electrons. The van der Waals surface area contributed by atoms with E-state index < -0.39 is 5.95 Å². The van der Waals surface area contributed by atoms with Gasteiger partial charge in [-0.25, -0.2) is 4.98 Å². The molecule has 2 heterocycles. The summed E-state index contributed by atoms with van der Waals surface area (Å²) in [6, 6.07) is 6.62. The SMILES string of the molecule is Fc1ncccc1OCc1ccc(Br)o1. The highest BCUT2D eigenvalue weighted by Gasteiger charge is 2.05. The van der Waals surface area contributed by atoms with Gasteiger partial charge in [-0.2, -0.15) is 4.39 Å². The summed E-state index contributed by atoms with van der Waals surface area (Å²) in [6.07, 6.45) is 1.37. The Morgan fingerprint density at radius 3 is 2.93 bits per heavy atom. The van der Waals surface area contributed by atoms with E-state index in [1.54, 1.807) is 18.2 Å². The molecule has 5 heteroatoms. The van der Waals surface area contributed by atoms with E-state index in [1.807, 2.05) is 0 Å². The molecule has 0 aliphatic carbocycles. The smallest absolute Gasteiger partial charge is 0.255 e. The molecular weight excluding hydrogens is 265 g/mol. The molecule has 2 aromatic heterocycles. The average molecular weight is 272 g/mol. The largest absolute Gasteiger partial charge is 0.481 e. The summed E-state index contributed by atoms with van der Waals surface area (Å²) in [7, 11) is 0. The van der Waals surface area contributed by atoms with Gasteiger partial charge in [-0.15, -0.1) is 0 Å². The van der Waals surface area contributed by atoms with Crippen molar-refractivity contribution in [3.63, 3.8) is 0 Å². The van der Waals surface area contributed by atoms with Crippen LogP contribution in [0.1, 0.15) is 5.76 Å². The zero-order valence-electron chi connectivity index (χ0n) is 7.61. The lowest BCUT2D eigenvalue weighted by Crippen LogP contribution is -1.97. The minimum atomic E-state index is -0.622. The molecule has 0 atom stereocenters. The summed E-state index contributed by atoms with van der Waals surface area (Å²) in [6.45, 7) is 0.175. The third kappa shape index (κ3) is 2.56. The molecule has 15 heavy (non-hydrogen) atoms. The van der Waals surface area contributed by atoms with Gasteiger partial charge in [0.1, 0.15) is 12.4 Å². The highest BCUT2D eigenvalue weighted by molar-refractivity contribution is 9.10. The Labute approximate surface area is 94.0 Å². The van der Waals surface area contributed by atoms with E-state index in [0.717, 1.165) is 0 Å². The molecule has 0 aliphatic heterocycles. The van der Waals surface area contributed by atoms with E-state index in [-0.39, 0.29) is 12.4 Å². The highest BCUT2D eigenvalue weighted by atomic mass is 79.9. The van der Waals surface area contributed by atoms with Crippen LogP contribution in [-0.2, 0) is 6.61 Å². The first kappa shape index (κ1) is 10.2. The van der Waals surface area contributed by atoms with Crippen LogP contribution < -0.4 is 4.74 Å². The molecule has 0 amide bonds. The predicted molar refractivity (Wildman–Crippen MR) is 54.9 cm³/mol. The summed E-state index contributed by atoms with van der Waals surface area (Å²) in [5.74, 6) is 0.110. The molecule has 0 saturated heterocycles. The number of aromatic nitrogens is 1. The van der Waals surface area contributed by atoms with Crippen LogP contribution in [0.3, 0.4) is 0 Å². The lowest BCUT2D eigenvalue weighted by atomic mass is 10.4. The summed E-state index contributed by atoms with van der Waals surface area (Å²) in [5, 5.41) is 0. The number of halogens is 2. The molecule has 0 aliphatic rings. The number of ether oxygens (including phenoxy) is 1. The second-order valence-electron chi connectivity index (χ2n) is 2.79. The van der Waals surface area contributed by atoms with Crippen LogP contribution in [0.2, 0.25) is 0 Å². The topological polar surface area (TPSA) is 35.3 Å². The van der Waals surface area contributed by atoms with Crippen LogP contribution in [0.15, 0.2) is 39.5 Å². The monoisotopic (exact) mass is 271 g/mol. The highest BCUT2D eigenvalue weighted by Crippen LogP contribution is 2.18. The van der Waals surface area contributed by atoms with E-state index in [2.05, 4.69) is 20.9 Å². The molecule has 0 spiro atoms. The van der Waals surface area contributed by atoms with Gasteiger partial charge in [0.15, 0.2) is 10.4 Å². The Morgan fingerprint density at radius 1 is 1.40 bits per heavy atom. The minimum absolute atomic E-state index is 0.116. The number of rotatable bonds is 3. The van der Waals surface area contributed by atoms with E-state index in [1.165, 1.54) is 12.3 Å². The van der Waals surface area contributed by atoms with E-state index in [9.17, 15) is 4.39 Å². The van der Waals surface area contributed by atoms with Gasteiger partial charge < -0.3 is 9.15 Å². The van der Waals surface area contributed by atoms with Crippen LogP contribution in [-0.4, -0.2) is 4.98 Å². The lowest BCUT2D eigenvalue weighted by molar-refractivity contribution is 0.253. The number of furan rings is 1. The number of pyridine rings is 1. The second-order valence-corrected chi connectivity index (χ2v) is 3.57. The summed E-state index contributed by atoms with van der Waals surface area (Å²) in [5.41, 5.74) is 0. The maximum Gasteiger partial charge on any atom is 0.255 e. The molecule has 0 aromatic carbocycles. The molecule has 0 radical (unpaired) electrons. The molecule has 0 bridgehead atoms. The van der Waals surface area contributed by atoms with Crippen LogP contribution in [0.5, 0.6) is 5.75 Å². The van der Waals surface area contributed by atoms with Crippen molar-refractivity contribution < 1.29 is 13.5 Å². The van der Waals surface area contributed by atoms with Crippen molar-refractivity contribution in [3.8, 4) is 5.75 Å². The van der Waals surface area contributed by atoms with Crippen LogP contribution in [0.25, 0.3) is 0 Å². The molecule has 2 aromatic rings. The van der Waals surface area contributed by atoms with Crippen molar-refractivity contribution in [1.29, 1.82) is 0 Å². The van der Waals surface area contributed by atoms with E-state index in [4.69, 9.17) is 9.15 Å². The van der Waals surface area contributed by atoms with Crippen molar-refractivity contribution in [2.75, 3.05) is 0 Å². The zero-order chi connectivity index (χ0) is 10.7. The van der Waals surface area contributed by atoms with Gasteiger partial charge >= 0.3 is 0 Å². The molecule has 0 unspecified atom stereocenters. The third-order valence-corrected chi connectivity index (χ3v) is 2.15. The van der Waals surface area contributed by atoms with Crippen molar-refractivity contribution in [1.82, 2.24) is 4.98 Å². The second kappa shape index (κ2) is 4.44. The molecule has 3 nitrogen and oxygen atoms in total. The van der Waals surface area contributed by atoms with Crippen LogP contribution in [0, 0.1) is 5.95 Å². The molecule has 0 N–H and O–H groups in total. The van der Waals surface area contributed by atoms with Gasteiger partial charge in [0.25, 0.3) is 5.95 Å². The van der Waals surface area contributed by atoms with Crippen LogP contribution >= 0.6 is 15.9 Å². The molecular formula is C10H7BrFNO2. The quantitative estimate of drug-likeness (QED) is 0.805. The van der Waals surface area contributed by atoms with Crippen molar-refractivity contribution >= 4 is 15.9 Å². The van der Waals surface area contributed by atoms with E-state index in [0.29, 0.717) is 10.4 Å². The van der Waals surface area contributed by atoms with E-state index >= 15 is 0 Å². The number of hydrogen-bond acceptors (Lipinski definition) is 3. The summed E-state index contributed by atoms with van der Waals surface area (Å²) < 4.78 is 24.0. The first-order valence-electron chi connectivity index (χ1n) is 4.23. The van der Waals surface area contributed by atoms with Gasteiger partial charge in [-0.3, -0.25) is 0 Å². The first-order chi connectivity index (χ1) is 7.25. The Hall–Kier alpha value is -1.36. The minimum Gasteiger partial charge on any atom is -0.481 e. The van der Waals surface area contributed by atoms with Gasteiger partial charge in [0.2, 0.25) is 0 Å². The zero-order valence-corrected chi connectivity index (χ0v) is 9.20. The van der Waals surface area contributed by atoms with Gasteiger partial charge in [-0.05, 0) is 40.2 Å². The lowest BCUT2D eigenvalue weighted by Gasteiger charge is -2.03. The third-order valence-electron chi connectivity index (χ3n) is 1.72. The molecule has 0 fully saturated rings. The van der Waals surface area contributed by atoms with Crippen LogP contribution in [0.4, 0.5) is 4.39 Å². The Kier molecular flexibility index (Phi) is 3.01. The fourth-order valence-corrected chi connectivity index (χ4v) is 1.40. The first-order valence-corrected chi connectivity index (χ1v) is 5.02. The van der Waals surface area contributed by atoms with Gasteiger partial charge in [-0.1, -0.05) is 0 Å². The average Bonchev–Trinajstić information content (AvgIpc) is 2.63. The number of hydrogen-bond donors (Lipinski definition) is 0. The Bertz CT molecular complexity index is 458. The normalized spacial score (nSPS) is 10.3. The maximum absolute atomic E-state index is 13.0. The van der Waals surface area contributed by atoms with Crippen molar-refractivity contribution in [2.24, 2.45) is 0 Å². The predicted octanol–water partition coefficient (Wildman–Crippen LogP) is 3.16. The standard InChI is InChI=1S/C10H7BrFNO2/c11-9-4-3-7(15-9)6-14-8-2-1-5-13-10(8)12/h1-5H,6H2. The Balaban J connectivity index is 2.02. The molecule has 2 rings (SSSR count). The fourth-order valence-electron chi connectivity index (χ4n) is 1.06. The van der Waals surface area contributed by atoms with Gasteiger partial charge in [0.05, 0.1) is 0 Å². The summed E-state index contributed by atoms with van der Waals surface area (Å²) >= 11 is 3.16. The maximum atomic E-state index is 13.0. The Morgan fingerprint density at radius 2 is 2.27 bits per heavy atom. The van der Waals surface area contributed by atoms with Crippen molar-refractivity contribution in [3.05, 3.63) is 46.8 Å². The molecule has 0 saturated carbocycles.